The maximum absolute atomic E-state index is 11.3. The summed E-state index contributed by atoms with van der Waals surface area (Å²) in [5.74, 6) is -1.98. The second kappa shape index (κ2) is 7.41. The lowest BCUT2D eigenvalue weighted by atomic mass is 10.00. The molecule has 1 heterocycles. The van der Waals surface area contributed by atoms with Crippen LogP contribution < -0.4 is 0 Å². The number of carboxylic acids is 1. The Labute approximate surface area is 134 Å². The van der Waals surface area contributed by atoms with Gasteiger partial charge in [-0.15, -0.1) is 0 Å². The fraction of sp³-hybridized carbons (Fsp3) is 0.308. The third-order valence-corrected chi connectivity index (χ3v) is 3.65. The SMILES string of the molecule is [N-]=[N+]=N/C(=C\I)[C@@H]1O[C@H](c2ccccc2)OC[C@H]1C(=O)O. The minimum atomic E-state index is -1.06. The monoisotopic (exact) mass is 401 g/mol. The Kier molecular flexibility index (Phi) is 5.57. The van der Waals surface area contributed by atoms with Gasteiger partial charge >= 0.3 is 5.97 Å². The van der Waals surface area contributed by atoms with Crippen LogP contribution in [0.1, 0.15) is 11.9 Å². The minimum absolute atomic E-state index is 0.0194. The lowest BCUT2D eigenvalue weighted by Gasteiger charge is -2.34. The van der Waals surface area contributed by atoms with Crippen LogP contribution >= 0.6 is 22.6 Å². The molecule has 110 valence electrons. The molecule has 1 aliphatic heterocycles. The van der Waals surface area contributed by atoms with Gasteiger partial charge in [0.1, 0.15) is 12.0 Å². The van der Waals surface area contributed by atoms with Gasteiger partial charge in [-0.05, 0) is 9.61 Å². The van der Waals surface area contributed by atoms with Gasteiger partial charge in [-0.3, -0.25) is 4.79 Å². The highest BCUT2D eigenvalue weighted by molar-refractivity contribution is 14.1. The van der Waals surface area contributed by atoms with Crippen LogP contribution in [0.5, 0.6) is 0 Å². The Bertz CT molecular complexity index is 586. The average Bonchev–Trinajstić information content (AvgIpc) is 2.52. The van der Waals surface area contributed by atoms with E-state index in [9.17, 15) is 9.90 Å². The van der Waals surface area contributed by atoms with Crippen LogP contribution in [0, 0.1) is 5.92 Å². The van der Waals surface area contributed by atoms with Crippen molar-refractivity contribution >= 4 is 28.6 Å². The van der Waals surface area contributed by atoms with Crippen molar-refractivity contribution in [1.29, 1.82) is 0 Å². The first kappa shape index (κ1) is 15.8. The Balaban J connectivity index is 2.27. The number of carbonyl (C=O) groups is 1. The molecule has 0 saturated carbocycles. The van der Waals surface area contributed by atoms with Gasteiger partial charge in [-0.1, -0.05) is 58.0 Å². The molecule has 1 saturated heterocycles. The molecule has 0 unspecified atom stereocenters. The molecule has 0 amide bonds. The quantitative estimate of drug-likeness (QED) is 0.361. The molecule has 0 aliphatic carbocycles. The van der Waals surface area contributed by atoms with Crippen LogP contribution in [0.15, 0.2) is 45.2 Å². The summed E-state index contributed by atoms with van der Waals surface area (Å²) in [4.78, 5) is 14.0. The summed E-state index contributed by atoms with van der Waals surface area (Å²) in [5, 5.41) is 12.8. The van der Waals surface area contributed by atoms with Crippen LogP contribution in [0.4, 0.5) is 0 Å². The first-order valence-electron chi connectivity index (χ1n) is 6.07. The first-order chi connectivity index (χ1) is 10.2. The number of hydrogen-bond acceptors (Lipinski definition) is 4. The molecule has 1 aliphatic rings. The second-order valence-electron chi connectivity index (χ2n) is 4.30. The lowest BCUT2D eigenvalue weighted by molar-refractivity contribution is -0.234. The number of ether oxygens (including phenoxy) is 2. The molecule has 21 heavy (non-hydrogen) atoms. The summed E-state index contributed by atoms with van der Waals surface area (Å²) in [6.45, 7) is -0.0194. The molecule has 7 nitrogen and oxygen atoms in total. The van der Waals surface area contributed by atoms with E-state index in [-0.39, 0.29) is 12.3 Å². The Hall–Kier alpha value is -1.61. The topological polar surface area (TPSA) is 105 Å². The molecule has 0 spiro atoms. The van der Waals surface area contributed by atoms with Crippen LogP contribution in [0.3, 0.4) is 0 Å². The van der Waals surface area contributed by atoms with Crippen molar-refractivity contribution in [2.75, 3.05) is 6.61 Å². The lowest BCUT2D eigenvalue weighted by Crippen LogP contribution is -2.41. The summed E-state index contributed by atoms with van der Waals surface area (Å²) >= 11 is 1.89. The van der Waals surface area contributed by atoms with E-state index < -0.39 is 24.3 Å². The number of aliphatic carboxylic acids is 1. The van der Waals surface area contributed by atoms with E-state index >= 15 is 0 Å². The molecule has 2 rings (SSSR count). The minimum Gasteiger partial charge on any atom is -0.481 e. The fourth-order valence-corrected chi connectivity index (χ4v) is 2.48. The zero-order chi connectivity index (χ0) is 15.2. The average molecular weight is 401 g/mol. The predicted molar refractivity (Wildman–Crippen MR) is 82.4 cm³/mol. The third kappa shape index (κ3) is 3.73. The molecular weight excluding hydrogens is 389 g/mol. The zero-order valence-electron chi connectivity index (χ0n) is 10.8. The number of hydrogen-bond donors (Lipinski definition) is 1. The van der Waals surface area contributed by atoms with Gasteiger partial charge in [0.05, 0.1) is 12.3 Å². The highest BCUT2D eigenvalue weighted by Crippen LogP contribution is 2.33. The van der Waals surface area contributed by atoms with E-state index in [2.05, 4.69) is 10.0 Å². The second-order valence-corrected chi connectivity index (χ2v) is 4.92. The summed E-state index contributed by atoms with van der Waals surface area (Å²) < 4.78 is 12.7. The highest BCUT2D eigenvalue weighted by Gasteiger charge is 2.39. The van der Waals surface area contributed by atoms with Gasteiger partial charge in [-0.2, -0.15) is 0 Å². The Morgan fingerprint density at radius 3 is 2.76 bits per heavy atom. The number of benzene rings is 1. The fourth-order valence-electron chi connectivity index (χ4n) is 2.00. The van der Waals surface area contributed by atoms with Crippen molar-refractivity contribution in [2.45, 2.75) is 12.4 Å². The summed E-state index contributed by atoms with van der Waals surface area (Å²) in [5.41, 5.74) is 9.60. The summed E-state index contributed by atoms with van der Waals surface area (Å²) in [6, 6.07) is 9.18. The number of rotatable bonds is 4. The maximum atomic E-state index is 11.3. The molecule has 3 atom stereocenters. The van der Waals surface area contributed by atoms with Crippen LogP contribution in [-0.4, -0.2) is 23.8 Å². The number of azide groups is 1. The van der Waals surface area contributed by atoms with E-state index in [0.717, 1.165) is 5.56 Å². The molecule has 0 radical (unpaired) electrons. The number of nitrogens with zero attached hydrogens (tertiary/aromatic N) is 3. The van der Waals surface area contributed by atoms with Gasteiger partial charge in [-0.25, -0.2) is 0 Å². The molecule has 1 aromatic rings. The van der Waals surface area contributed by atoms with E-state index in [1.807, 2.05) is 52.9 Å². The van der Waals surface area contributed by atoms with Crippen molar-refractivity contribution in [3.63, 3.8) is 0 Å². The van der Waals surface area contributed by atoms with E-state index in [4.69, 9.17) is 15.0 Å². The van der Waals surface area contributed by atoms with Gasteiger partial charge in [0, 0.05) is 10.5 Å². The smallest absolute Gasteiger partial charge is 0.311 e. The van der Waals surface area contributed by atoms with Gasteiger partial charge in [0.25, 0.3) is 0 Å². The molecule has 1 N–H and O–H groups in total. The van der Waals surface area contributed by atoms with Crippen LogP contribution in [-0.2, 0) is 14.3 Å². The maximum Gasteiger partial charge on any atom is 0.311 e. The largest absolute Gasteiger partial charge is 0.481 e. The number of halogens is 1. The van der Waals surface area contributed by atoms with Crippen molar-refractivity contribution < 1.29 is 19.4 Å². The molecule has 1 fully saturated rings. The van der Waals surface area contributed by atoms with E-state index in [1.54, 1.807) is 0 Å². The predicted octanol–water partition coefficient (Wildman–Crippen LogP) is 3.39. The van der Waals surface area contributed by atoms with E-state index in [0.29, 0.717) is 0 Å². The standard InChI is InChI=1S/C13H12IN3O4/c14-6-10(16-17-15)11-9(12(18)19)7-20-13(21-11)8-4-2-1-3-5-8/h1-6,9,11,13H,7H2,(H,18,19)/b10-6-/t9-,11-,13-/m1/s1. The summed E-state index contributed by atoms with van der Waals surface area (Å²) in [7, 11) is 0. The molecule has 0 bridgehead atoms. The van der Waals surface area contributed by atoms with Crippen molar-refractivity contribution in [3.05, 3.63) is 56.1 Å². The van der Waals surface area contributed by atoms with Crippen LogP contribution in [0.25, 0.3) is 10.4 Å². The normalized spacial score (nSPS) is 26.0. The van der Waals surface area contributed by atoms with Gasteiger partial charge < -0.3 is 14.6 Å². The molecule has 1 aromatic carbocycles. The highest BCUT2D eigenvalue weighted by atomic mass is 127. The first-order valence-corrected chi connectivity index (χ1v) is 7.32. The Morgan fingerprint density at radius 1 is 1.48 bits per heavy atom. The third-order valence-electron chi connectivity index (χ3n) is 3.02. The number of carboxylic acid groups (broad SMARTS) is 1. The molecular formula is C13H12IN3O4. The van der Waals surface area contributed by atoms with Gasteiger partial charge in [0.15, 0.2) is 6.29 Å². The van der Waals surface area contributed by atoms with Crippen molar-refractivity contribution in [2.24, 2.45) is 11.0 Å². The van der Waals surface area contributed by atoms with E-state index in [1.165, 1.54) is 4.08 Å². The Morgan fingerprint density at radius 2 is 2.19 bits per heavy atom. The van der Waals surface area contributed by atoms with Crippen LogP contribution in [0.2, 0.25) is 0 Å². The van der Waals surface area contributed by atoms with Crippen molar-refractivity contribution in [3.8, 4) is 0 Å². The molecule has 8 heteroatoms. The van der Waals surface area contributed by atoms with Gasteiger partial charge in [0.2, 0.25) is 0 Å². The zero-order valence-corrected chi connectivity index (χ0v) is 13.0. The summed E-state index contributed by atoms with van der Waals surface area (Å²) in [6.07, 6.45) is -1.54. The van der Waals surface area contributed by atoms with Crippen molar-refractivity contribution in [1.82, 2.24) is 0 Å². The molecule has 0 aromatic heterocycles.